The number of carbonyl (C=O) groups is 2. The summed E-state index contributed by atoms with van der Waals surface area (Å²) in [6, 6.07) is 7.01. The van der Waals surface area contributed by atoms with Crippen LogP contribution in [0.15, 0.2) is 24.3 Å². The first kappa shape index (κ1) is 16.8. The molecular weight excluding hydrogens is 292 g/mol. The van der Waals surface area contributed by atoms with Gasteiger partial charge in [0.1, 0.15) is 0 Å². The molecule has 0 bridgehead atoms. The van der Waals surface area contributed by atoms with Gasteiger partial charge in [0.2, 0.25) is 0 Å². The number of aryl methyl sites for hydroxylation is 2. The number of hydrogen-bond acceptors (Lipinski definition) is 2. The molecule has 1 heterocycles. The van der Waals surface area contributed by atoms with Crippen LogP contribution in [0.4, 0.5) is 5.69 Å². The van der Waals surface area contributed by atoms with Crippen LogP contribution in [-0.4, -0.2) is 21.6 Å². The van der Waals surface area contributed by atoms with Crippen molar-refractivity contribution in [2.45, 2.75) is 40.7 Å². The Hall–Kier alpha value is -2.56. The first-order valence-corrected chi connectivity index (χ1v) is 7.56. The number of carbonyl (C=O) groups excluding carboxylic acids is 1. The third-order valence-electron chi connectivity index (χ3n) is 3.97. The summed E-state index contributed by atoms with van der Waals surface area (Å²) in [6.45, 7) is 9.75. The highest BCUT2D eigenvalue weighted by molar-refractivity contribution is 6.06. The van der Waals surface area contributed by atoms with Crippen molar-refractivity contribution in [1.82, 2.24) is 4.57 Å². The van der Waals surface area contributed by atoms with Crippen molar-refractivity contribution < 1.29 is 14.7 Å². The van der Waals surface area contributed by atoms with Crippen molar-refractivity contribution in [3.05, 3.63) is 52.3 Å². The molecule has 122 valence electrons. The Morgan fingerprint density at radius 1 is 1.09 bits per heavy atom. The van der Waals surface area contributed by atoms with Gasteiger partial charge in [-0.05, 0) is 58.4 Å². The monoisotopic (exact) mass is 314 g/mol. The second kappa shape index (κ2) is 6.28. The third kappa shape index (κ3) is 3.28. The summed E-state index contributed by atoms with van der Waals surface area (Å²) in [6.07, 6.45) is 0. The van der Waals surface area contributed by atoms with Gasteiger partial charge in [0.25, 0.3) is 5.91 Å². The quantitative estimate of drug-likeness (QED) is 0.897. The molecule has 0 unspecified atom stereocenters. The summed E-state index contributed by atoms with van der Waals surface area (Å²) >= 11 is 0. The van der Waals surface area contributed by atoms with Crippen LogP contribution < -0.4 is 5.32 Å². The normalized spacial score (nSPS) is 10.9. The number of hydrogen-bond donors (Lipinski definition) is 2. The van der Waals surface area contributed by atoms with Crippen molar-refractivity contribution in [2.75, 3.05) is 5.32 Å². The lowest BCUT2D eigenvalue weighted by atomic mass is 10.1. The fourth-order valence-electron chi connectivity index (χ4n) is 2.93. The van der Waals surface area contributed by atoms with E-state index in [0.29, 0.717) is 16.8 Å². The lowest BCUT2D eigenvalue weighted by Crippen LogP contribution is -2.14. The second-order valence-electron chi connectivity index (χ2n) is 6.04. The van der Waals surface area contributed by atoms with Gasteiger partial charge in [-0.2, -0.15) is 0 Å². The molecule has 1 aromatic heterocycles. The number of anilines is 1. The maximum Gasteiger partial charge on any atom is 0.336 e. The van der Waals surface area contributed by atoms with E-state index in [2.05, 4.69) is 23.7 Å². The molecule has 0 saturated heterocycles. The number of amides is 1. The highest BCUT2D eigenvalue weighted by Crippen LogP contribution is 2.22. The van der Waals surface area contributed by atoms with Crippen molar-refractivity contribution in [3.63, 3.8) is 0 Å². The van der Waals surface area contributed by atoms with Crippen molar-refractivity contribution in [2.24, 2.45) is 0 Å². The lowest BCUT2D eigenvalue weighted by molar-refractivity contribution is 0.0695. The van der Waals surface area contributed by atoms with Crippen molar-refractivity contribution in [3.8, 4) is 0 Å². The van der Waals surface area contributed by atoms with Crippen molar-refractivity contribution in [1.29, 1.82) is 0 Å². The van der Waals surface area contributed by atoms with E-state index >= 15 is 0 Å². The van der Waals surface area contributed by atoms with Crippen LogP contribution in [0.1, 0.15) is 57.6 Å². The zero-order chi connectivity index (χ0) is 17.3. The van der Waals surface area contributed by atoms with Crippen LogP contribution in [0.25, 0.3) is 0 Å². The molecule has 2 aromatic rings. The molecule has 0 spiro atoms. The van der Waals surface area contributed by atoms with E-state index in [1.54, 1.807) is 19.1 Å². The molecule has 2 rings (SSSR count). The minimum Gasteiger partial charge on any atom is -0.478 e. The Bertz CT molecular complexity index is 773. The number of aromatic carboxylic acids is 1. The van der Waals surface area contributed by atoms with E-state index < -0.39 is 5.97 Å². The average Bonchev–Trinajstić information content (AvgIpc) is 2.75. The van der Waals surface area contributed by atoms with Gasteiger partial charge >= 0.3 is 5.97 Å². The molecule has 0 aliphatic heterocycles. The minimum absolute atomic E-state index is 0.190. The van der Waals surface area contributed by atoms with Gasteiger partial charge in [0.05, 0.1) is 11.1 Å². The molecule has 0 radical (unpaired) electrons. The van der Waals surface area contributed by atoms with Gasteiger partial charge < -0.3 is 15.0 Å². The van der Waals surface area contributed by atoms with Crippen LogP contribution >= 0.6 is 0 Å². The first-order chi connectivity index (χ1) is 10.7. The zero-order valence-electron chi connectivity index (χ0n) is 14.1. The number of nitrogens with zero attached hydrogens (tertiary/aromatic N) is 1. The maximum atomic E-state index is 12.5. The molecule has 0 saturated carbocycles. The Labute approximate surface area is 135 Å². The molecule has 1 amide bonds. The van der Waals surface area contributed by atoms with Gasteiger partial charge in [0.15, 0.2) is 0 Å². The topological polar surface area (TPSA) is 71.3 Å². The first-order valence-electron chi connectivity index (χ1n) is 7.56. The fourth-order valence-corrected chi connectivity index (χ4v) is 2.93. The number of carboxylic acids is 1. The minimum atomic E-state index is -1.00. The largest absolute Gasteiger partial charge is 0.478 e. The summed E-state index contributed by atoms with van der Waals surface area (Å²) in [5.74, 6) is -1.23. The van der Waals surface area contributed by atoms with E-state index in [0.717, 1.165) is 11.4 Å². The highest BCUT2D eigenvalue weighted by Gasteiger charge is 2.18. The molecule has 0 atom stereocenters. The average molecular weight is 314 g/mol. The van der Waals surface area contributed by atoms with E-state index in [4.69, 9.17) is 0 Å². The Morgan fingerprint density at radius 2 is 1.74 bits per heavy atom. The number of rotatable bonds is 4. The summed E-state index contributed by atoms with van der Waals surface area (Å²) < 4.78 is 2.10. The van der Waals surface area contributed by atoms with Crippen LogP contribution in [0, 0.1) is 20.8 Å². The van der Waals surface area contributed by atoms with Gasteiger partial charge in [0, 0.05) is 23.1 Å². The Balaban J connectivity index is 2.32. The molecule has 0 aliphatic rings. The molecule has 1 aromatic carbocycles. The Morgan fingerprint density at radius 3 is 2.26 bits per heavy atom. The predicted octanol–water partition coefficient (Wildman–Crippen LogP) is 3.94. The maximum absolute atomic E-state index is 12.5. The molecular formula is C18H22N2O3. The summed E-state index contributed by atoms with van der Waals surface area (Å²) in [5, 5.41) is 12.0. The molecule has 2 N–H and O–H groups in total. The zero-order valence-corrected chi connectivity index (χ0v) is 14.1. The van der Waals surface area contributed by atoms with E-state index in [-0.39, 0.29) is 17.5 Å². The van der Waals surface area contributed by atoms with E-state index in [9.17, 15) is 14.7 Å². The van der Waals surface area contributed by atoms with Gasteiger partial charge in [-0.1, -0.05) is 6.07 Å². The highest BCUT2D eigenvalue weighted by atomic mass is 16.4. The fraction of sp³-hybridized carbons (Fsp3) is 0.333. The van der Waals surface area contributed by atoms with Crippen LogP contribution in [-0.2, 0) is 0 Å². The molecule has 5 heteroatoms. The van der Waals surface area contributed by atoms with Gasteiger partial charge in [-0.3, -0.25) is 4.79 Å². The van der Waals surface area contributed by atoms with Crippen LogP contribution in [0.3, 0.4) is 0 Å². The van der Waals surface area contributed by atoms with Gasteiger partial charge in [-0.15, -0.1) is 0 Å². The molecule has 0 fully saturated rings. The van der Waals surface area contributed by atoms with Crippen molar-refractivity contribution >= 4 is 17.6 Å². The number of benzene rings is 1. The predicted molar refractivity (Wildman–Crippen MR) is 90.4 cm³/mol. The van der Waals surface area contributed by atoms with E-state index in [1.165, 1.54) is 6.07 Å². The third-order valence-corrected chi connectivity index (χ3v) is 3.97. The second-order valence-corrected chi connectivity index (χ2v) is 6.04. The van der Waals surface area contributed by atoms with Crippen LogP contribution in [0.2, 0.25) is 0 Å². The number of aromatic nitrogens is 1. The summed E-state index contributed by atoms with van der Waals surface area (Å²) in [5.41, 5.74) is 3.86. The molecule has 5 nitrogen and oxygen atoms in total. The van der Waals surface area contributed by atoms with Crippen LogP contribution in [0.5, 0.6) is 0 Å². The number of carboxylic acid groups (broad SMARTS) is 1. The SMILES string of the molecule is Cc1ccc(NC(=O)c2cc(C)n(C(C)C)c2C)cc1C(=O)O. The molecule has 0 aliphatic carbocycles. The van der Waals surface area contributed by atoms with E-state index in [1.807, 2.05) is 19.9 Å². The van der Waals surface area contributed by atoms with Gasteiger partial charge in [-0.25, -0.2) is 4.79 Å². The smallest absolute Gasteiger partial charge is 0.336 e. The molecule has 23 heavy (non-hydrogen) atoms. The lowest BCUT2D eigenvalue weighted by Gasteiger charge is -2.14. The summed E-state index contributed by atoms with van der Waals surface area (Å²) in [4.78, 5) is 23.7. The summed E-state index contributed by atoms with van der Waals surface area (Å²) in [7, 11) is 0. The standard InChI is InChI=1S/C18H22N2O3/c1-10(2)20-12(4)8-16(13(20)5)17(21)19-14-7-6-11(3)15(9-14)18(22)23/h6-10H,1-5H3,(H,19,21)(H,22,23). The number of nitrogens with one attached hydrogen (secondary N) is 1. The Kier molecular flexibility index (Phi) is 4.59.